The van der Waals surface area contributed by atoms with Crippen LogP contribution in [0.3, 0.4) is 0 Å². The number of rotatable bonds is 4. The third kappa shape index (κ3) is 2.14. The molecule has 0 aliphatic heterocycles. The number of carboxylic acids is 1. The zero-order chi connectivity index (χ0) is 13.5. The summed E-state index contributed by atoms with van der Waals surface area (Å²) in [5.74, 6) is -0.685. The molecule has 0 atom stereocenters. The summed E-state index contributed by atoms with van der Waals surface area (Å²) < 4.78 is 1.80. The van der Waals surface area contributed by atoms with Crippen LogP contribution in [0.5, 0.6) is 0 Å². The molecule has 1 aliphatic carbocycles. The molecule has 19 heavy (non-hydrogen) atoms. The van der Waals surface area contributed by atoms with E-state index in [1.165, 1.54) is 0 Å². The van der Waals surface area contributed by atoms with Crippen LogP contribution in [0, 0.1) is 5.41 Å². The van der Waals surface area contributed by atoms with Crippen LogP contribution in [0.25, 0.3) is 11.3 Å². The predicted molar refractivity (Wildman–Crippen MR) is 71.7 cm³/mol. The molecule has 2 aromatic rings. The maximum atomic E-state index is 11.2. The summed E-state index contributed by atoms with van der Waals surface area (Å²) in [6.07, 6.45) is 2.11. The average molecular weight is 256 g/mol. The maximum absolute atomic E-state index is 11.2. The largest absolute Gasteiger partial charge is 0.481 e. The topological polar surface area (TPSA) is 55.1 Å². The van der Waals surface area contributed by atoms with Gasteiger partial charge in [0.25, 0.3) is 0 Å². The van der Waals surface area contributed by atoms with Crippen LogP contribution >= 0.6 is 0 Å². The van der Waals surface area contributed by atoms with Gasteiger partial charge in [-0.25, -0.2) is 0 Å². The van der Waals surface area contributed by atoms with Gasteiger partial charge in [0, 0.05) is 24.7 Å². The molecule has 1 heterocycles. The van der Waals surface area contributed by atoms with Gasteiger partial charge < -0.3 is 5.11 Å². The Kier molecular flexibility index (Phi) is 2.66. The van der Waals surface area contributed by atoms with Crippen molar-refractivity contribution >= 4 is 5.97 Å². The lowest BCUT2D eigenvalue weighted by Gasteiger charge is -2.08. The summed E-state index contributed by atoms with van der Waals surface area (Å²) in [6.45, 7) is 0. The summed E-state index contributed by atoms with van der Waals surface area (Å²) in [4.78, 5) is 11.2. The number of benzene rings is 1. The first-order chi connectivity index (χ1) is 9.11. The van der Waals surface area contributed by atoms with E-state index < -0.39 is 11.4 Å². The van der Waals surface area contributed by atoms with Gasteiger partial charge in [0.1, 0.15) is 0 Å². The zero-order valence-electron chi connectivity index (χ0n) is 10.8. The van der Waals surface area contributed by atoms with E-state index >= 15 is 0 Å². The third-order valence-corrected chi connectivity index (χ3v) is 3.87. The van der Waals surface area contributed by atoms with Gasteiger partial charge >= 0.3 is 5.97 Å². The number of carbonyl (C=O) groups is 1. The lowest BCUT2D eigenvalue weighted by Crippen LogP contribution is -2.19. The summed E-state index contributed by atoms with van der Waals surface area (Å²) in [5, 5.41) is 13.7. The van der Waals surface area contributed by atoms with Gasteiger partial charge in [0.05, 0.1) is 11.1 Å². The van der Waals surface area contributed by atoms with Crippen molar-refractivity contribution in [3.05, 3.63) is 42.1 Å². The monoisotopic (exact) mass is 256 g/mol. The molecular formula is C15H16N2O2. The first-order valence-corrected chi connectivity index (χ1v) is 6.42. The van der Waals surface area contributed by atoms with Gasteiger partial charge in [-0.05, 0) is 18.9 Å². The third-order valence-electron chi connectivity index (χ3n) is 3.87. The van der Waals surface area contributed by atoms with Crippen LogP contribution in [0.1, 0.15) is 18.5 Å². The SMILES string of the molecule is Cn1nc(-c2ccccc2)cc1CC1(C(=O)O)CC1. The normalized spacial score (nSPS) is 16.3. The first-order valence-electron chi connectivity index (χ1n) is 6.42. The molecule has 0 unspecified atom stereocenters. The van der Waals surface area contributed by atoms with E-state index in [1.54, 1.807) is 4.68 Å². The molecule has 3 rings (SSSR count). The van der Waals surface area contributed by atoms with Crippen LogP contribution in [0.4, 0.5) is 0 Å². The predicted octanol–water partition coefficient (Wildman–Crippen LogP) is 2.49. The van der Waals surface area contributed by atoms with Gasteiger partial charge in [-0.3, -0.25) is 9.48 Å². The van der Waals surface area contributed by atoms with Crippen molar-refractivity contribution < 1.29 is 9.90 Å². The molecule has 0 radical (unpaired) electrons. The molecule has 0 spiro atoms. The zero-order valence-corrected chi connectivity index (χ0v) is 10.8. The number of nitrogens with zero attached hydrogens (tertiary/aromatic N) is 2. The molecule has 4 nitrogen and oxygen atoms in total. The van der Waals surface area contributed by atoms with Crippen LogP contribution in [0.2, 0.25) is 0 Å². The van der Waals surface area contributed by atoms with Crippen molar-refractivity contribution in [2.24, 2.45) is 12.5 Å². The molecule has 1 aliphatic rings. The van der Waals surface area contributed by atoms with Crippen LogP contribution in [-0.2, 0) is 18.3 Å². The van der Waals surface area contributed by atoms with Crippen LogP contribution < -0.4 is 0 Å². The Hall–Kier alpha value is -2.10. The van der Waals surface area contributed by atoms with Crippen LogP contribution in [0.15, 0.2) is 36.4 Å². The molecule has 1 aromatic heterocycles. The van der Waals surface area contributed by atoms with Gasteiger partial charge in [0.15, 0.2) is 0 Å². The fraction of sp³-hybridized carbons (Fsp3) is 0.333. The highest BCUT2D eigenvalue weighted by molar-refractivity contribution is 5.78. The lowest BCUT2D eigenvalue weighted by molar-refractivity contribution is -0.143. The Labute approximate surface area is 111 Å². The van der Waals surface area contributed by atoms with E-state index in [2.05, 4.69) is 5.10 Å². The second-order valence-corrected chi connectivity index (χ2v) is 5.27. The fourth-order valence-electron chi connectivity index (χ4n) is 2.39. The molecule has 0 amide bonds. The van der Waals surface area contributed by atoms with E-state index in [9.17, 15) is 9.90 Å². The summed E-state index contributed by atoms with van der Waals surface area (Å²) in [6, 6.07) is 11.9. The molecule has 1 N–H and O–H groups in total. The smallest absolute Gasteiger partial charge is 0.310 e. The van der Waals surface area contributed by atoms with Crippen LogP contribution in [-0.4, -0.2) is 20.9 Å². The highest BCUT2D eigenvalue weighted by atomic mass is 16.4. The Morgan fingerprint density at radius 3 is 2.63 bits per heavy atom. The van der Waals surface area contributed by atoms with Crippen molar-refractivity contribution in [1.82, 2.24) is 9.78 Å². The average Bonchev–Trinajstić information content (AvgIpc) is 3.10. The first kappa shape index (κ1) is 12.0. The number of aryl methyl sites for hydroxylation is 1. The van der Waals surface area contributed by atoms with Crippen molar-refractivity contribution in [2.75, 3.05) is 0 Å². The second kappa shape index (κ2) is 4.23. The fourth-order valence-corrected chi connectivity index (χ4v) is 2.39. The van der Waals surface area contributed by atoms with Gasteiger partial charge in [-0.15, -0.1) is 0 Å². The van der Waals surface area contributed by atoms with E-state index in [0.717, 1.165) is 29.8 Å². The van der Waals surface area contributed by atoms with E-state index in [0.29, 0.717) is 6.42 Å². The van der Waals surface area contributed by atoms with Crippen molar-refractivity contribution in [3.8, 4) is 11.3 Å². The minimum Gasteiger partial charge on any atom is -0.481 e. The maximum Gasteiger partial charge on any atom is 0.310 e. The number of hydrogen-bond acceptors (Lipinski definition) is 2. The Morgan fingerprint density at radius 2 is 2.05 bits per heavy atom. The molecule has 98 valence electrons. The van der Waals surface area contributed by atoms with E-state index in [-0.39, 0.29) is 0 Å². The minimum atomic E-state index is -0.685. The summed E-state index contributed by atoms with van der Waals surface area (Å²) in [7, 11) is 1.87. The molecule has 0 saturated heterocycles. The van der Waals surface area contributed by atoms with Crippen molar-refractivity contribution in [2.45, 2.75) is 19.3 Å². The van der Waals surface area contributed by atoms with Crippen molar-refractivity contribution in [3.63, 3.8) is 0 Å². The van der Waals surface area contributed by atoms with Crippen molar-refractivity contribution in [1.29, 1.82) is 0 Å². The molecule has 4 heteroatoms. The molecular weight excluding hydrogens is 240 g/mol. The molecule has 1 fully saturated rings. The van der Waals surface area contributed by atoms with Gasteiger partial charge in [-0.1, -0.05) is 30.3 Å². The Morgan fingerprint density at radius 1 is 1.37 bits per heavy atom. The standard InChI is InChI=1S/C15H16N2O2/c1-17-12(10-15(7-8-15)14(18)19)9-13(16-17)11-5-3-2-4-6-11/h2-6,9H,7-8,10H2,1H3,(H,18,19). The Balaban J connectivity index is 1.89. The number of hydrogen-bond donors (Lipinski definition) is 1. The summed E-state index contributed by atoms with van der Waals surface area (Å²) >= 11 is 0. The lowest BCUT2D eigenvalue weighted by atomic mass is 10.00. The molecule has 1 aromatic carbocycles. The minimum absolute atomic E-state index is 0.540. The van der Waals surface area contributed by atoms with Gasteiger partial charge in [0.2, 0.25) is 0 Å². The molecule has 0 bridgehead atoms. The highest BCUT2D eigenvalue weighted by Crippen LogP contribution is 2.48. The van der Waals surface area contributed by atoms with Gasteiger partial charge in [-0.2, -0.15) is 5.10 Å². The second-order valence-electron chi connectivity index (χ2n) is 5.27. The quantitative estimate of drug-likeness (QED) is 0.914. The number of aliphatic carboxylic acids is 1. The number of aromatic nitrogens is 2. The van der Waals surface area contributed by atoms with E-state index in [4.69, 9.17) is 0 Å². The highest BCUT2D eigenvalue weighted by Gasteiger charge is 2.50. The number of carboxylic acid groups (broad SMARTS) is 1. The molecule has 1 saturated carbocycles. The van der Waals surface area contributed by atoms with E-state index in [1.807, 2.05) is 43.4 Å². The Bertz CT molecular complexity index is 612. The summed E-state index contributed by atoms with van der Waals surface area (Å²) in [5.41, 5.74) is 2.41.